The first-order valence-corrected chi connectivity index (χ1v) is 8.11. The average Bonchev–Trinajstić information content (AvgIpc) is 2.84. The third-order valence-corrected chi connectivity index (χ3v) is 3.43. The fourth-order valence-corrected chi connectivity index (χ4v) is 1.94. The maximum atomic E-state index is 10.5. The SMILES string of the molecule is CCNC(=NCC(C)(O)c1cnn(C)c1)NCCSC.I. The van der Waals surface area contributed by atoms with Crippen LogP contribution in [0.25, 0.3) is 0 Å². The summed E-state index contributed by atoms with van der Waals surface area (Å²) in [6, 6.07) is 0. The lowest BCUT2D eigenvalue weighted by molar-refractivity contribution is 0.0672. The molecule has 0 fully saturated rings. The molecule has 1 heterocycles. The summed E-state index contributed by atoms with van der Waals surface area (Å²) < 4.78 is 1.68. The van der Waals surface area contributed by atoms with Gasteiger partial charge in [0.1, 0.15) is 5.60 Å². The molecule has 122 valence electrons. The van der Waals surface area contributed by atoms with Crippen LogP contribution < -0.4 is 10.6 Å². The van der Waals surface area contributed by atoms with Crippen LogP contribution in [0.3, 0.4) is 0 Å². The van der Waals surface area contributed by atoms with Gasteiger partial charge in [0.05, 0.1) is 12.7 Å². The molecular weight excluding hydrogens is 401 g/mol. The van der Waals surface area contributed by atoms with Crippen molar-refractivity contribution in [3.63, 3.8) is 0 Å². The Kier molecular flexibility index (Phi) is 10.0. The van der Waals surface area contributed by atoms with E-state index in [1.807, 2.05) is 20.2 Å². The number of halogens is 1. The van der Waals surface area contributed by atoms with Crippen molar-refractivity contribution in [2.45, 2.75) is 19.4 Å². The Bertz CT molecular complexity index is 436. The first-order valence-electron chi connectivity index (χ1n) is 6.72. The standard InChI is InChI=1S/C13H25N5OS.HI/c1-5-14-12(15-6-7-20-4)16-10-13(2,19)11-8-17-18(3)9-11;/h8-9,19H,5-7,10H2,1-4H3,(H2,14,15,16);1H. The number of rotatable bonds is 7. The molecule has 0 aromatic carbocycles. The molecule has 0 saturated heterocycles. The van der Waals surface area contributed by atoms with Crippen molar-refractivity contribution >= 4 is 41.7 Å². The van der Waals surface area contributed by atoms with Crippen LogP contribution in [-0.4, -0.2) is 52.5 Å². The number of nitrogens with zero attached hydrogens (tertiary/aromatic N) is 3. The highest BCUT2D eigenvalue weighted by Gasteiger charge is 2.24. The second kappa shape index (κ2) is 10.3. The number of guanidine groups is 1. The Labute approximate surface area is 148 Å². The van der Waals surface area contributed by atoms with Gasteiger partial charge in [-0.05, 0) is 20.1 Å². The van der Waals surface area contributed by atoms with Gasteiger partial charge in [-0.3, -0.25) is 4.68 Å². The van der Waals surface area contributed by atoms with Gasteiger partial charge in [-0.25, -0.2) is 4.99 Å². The van der Waals surface area contributed by atoms with Crippen LogP contribution in [0.15, 0.2) is 17.4 Å². The number of thioether (sulfide) groups is 1. The zero-order chi connectivity index (χ0) is 15.0. The number of nitrogens with one attached hydrogen (secondary N) is 2. The zero-order valence-electron chi connectivity index (χ0n) is 13.1. The summed E-state index contributed by atoms with van der Waals surface area (Å²) in [6.07, 6.45) is 5.55. The van der Waals surface area contributed by atoms with Crippen molar-refractivity contribution in [3.05, 3.63) is 18.0 Å². The topological polar surface area (TPSA) is 74.5 Å². The van der Waals surface area contributed by atoms with Crippen molar-refractivity contribution in [1.29, 1.82) is 0 Å². The van der Waals surface area contributed by atoms with E-state index in [-0.39, 0.29) is 30.5 Å². The van der Waals surface area contributed by atoms with Crippen LogP contribution in [0.5, 0.6) is 0 Å². The monoisotopic (exact) mass is 427 g/mol. The Hall–Kier alpha value is -0.480. The van der Waals surface area contributed by atoms with Gasteiger partial charge in [0.25, 0.3) is 0 Å². The molecule has 0 spiro atoms. The average molecular weight is 427 g/mol. The summed E-state index contributed by atoms with van der Waals surface area (Å²) in [4.78, 5) is 4.44. The fourth-order valence-electron chi connectivity index (χ4n) is 1.64. The number of aryl methyl sites for hydroxylation is 1. The van der Waals surface area contributed by atoms with Crippen molar-refractivity contribution in [2.24, 2.45) is 12.0 Å². The summed E-state index contributed by atoms with van der Waals surface area (Å²) in [5, 5.41) is 21.0. The molecule has 3 N–H and O–H groups in total. The number of aliphatic imine (C=N–C) groups is 1. The molecule has 1 unspecified atom stereocenters. The minimum Gasteiger partial charge on any atom is -0.383 e. The number of aromatic nitrogens is 2. The smallest absolute Gasteiger partial charge is 0.191 e. The number of hydrogen-bond donors (Lipinski definition) is 3. The van der Waals surface area contributed by atoms with Crippen molar-refractivity contribution in [2.75, 3.05) is 31.6 Å². The van der Waals surface area contributed by atoms with Gasteiger partial charge in [0, 0.05) is 37.7 Å². The number of hydrogen-bond acceptors (Lipinski definition) is 4. The molecule has 0 aliphatic heterocycles. The lowest BCUT2D eigenvalue weighted by Crippen LogP contribution is -2.39. The van der Waals surface area contributed by atoms with E-state index in [1.165, 1.54) is 0 Å². The Balaban J connectivity index is 0.00000400. The first kappa shape index (κ1) is 20.5. The molecule has 1 aromatic rings. The quantitative estimate of drug-likeness (QED) is 0.264. The van der Waals surface area contributed by atoms with Crippen LogP contribution in [-0.2, 0) is 12.6 Å². The molecule has 0 aliphatic carbocycles. The molecule has 0 radical (unpaired) electrons. The molecule has 1 aromatic heterocycles. The largest absolute Gasteiger partial charge is 0.383 e. The second-order valence-electron chi connectivity index (χ2n) is 4.79. The van der Waals surface area contributed by atoms with Gasteiger partial charge < -0.3 is 15.7 Å². The van der Waals surface area contributed by atoms with E-state index >= 15 is 0 Å². The minimum atomic E-state index is -1.02. The lowest BCUT2D eigenvalue weighted by Gasteiger charge is -2.20. The highest BCUT2D eigenvalue weighted by atomic mass is 127. The highest BCUT2D eigenvalue weighted by Crippen LogP contribution is 2.19. The van der Waals surface area contributed by atoms with E-state index in [0.29, 0.717) is 0 Å². The molecular formula is C13H26IN5OS. The molecule has 6 nitrogen and oxygen atoms in total. The van der Waals surface area contributed by atoms with E-state index in [1.54, 1.807) is 29.6 Å². The van der Waals surface area contributed by atoms with E-state index in [9.17, 15) is 5.11 Å². The van der Waals surface area contributed by atoms with Crippen LogP contribution in [0.2, 0.25) is 0 Å². The molecule has 0 aliphatic rings. The van der Waals surface area contributed by atoms with Gasteiger partial charge in [-0.2, -0.15) is 16.9 Å². The Morgan fingerprint density at radius 3 is 2.76 bits per heavy atom. The van der Waals surface area contributed by atoms with Crippen LogP contribution in [0.1, 0.15) is 19.4 Å². The normalized spacial score (nSPS) is 14.2. The Morgan fingerprint density at radius 2 is 2.24 bits per heavy atom. The van der Waals surface area contributed by atoms with Gasteiger partial charge in [0.15, 0.2) is 5.96 Å². The molecule has 0 amide bonds. The van der Waals surface area contributed by atoms with Crippen molar-refractivity contribution in [3.8, 4) is 0 Å². The predicted octanol–water partition coefficient (Wildman–Crippen LogP) is 1.16. The second-order valence-corrected chi connectivity index (χ2v) is 5.78. The summed E-state index contributed by atoms with van der Waals surface area (Å²) in [6.45, 7) is 5.69. The molecule has 0 saturated carbocycles. The highest BCUT2D eigenvalue weighted by molar-refractivity contribution is 14.0. The molecule has 8 heteroatoms. The van der Waals surface area contributed by atoms with Gasteiger partial charge in [0.2, 0.25) is 0 Å². The summed E-state index contributed by atoms with van der Waals surface area (Å²) in [7, 11) is 1.83. The van der Waals surface area contributed by atoms with Crippen molar-refractivity contribution in [1.82, 2.24) is 20.4 Å². The summed E-state index contributed by atoms with van der Waals surface area (Å²) in [5.41, 5.74) is -0.250. The first-order chi connectivity index (χ1) is 9.49. The summed E-state index contributed by atoms with van der Waals surface area (Å²) in [5.74, 6) is 1.74. The van der Waals surface area contributed by atoms with Gasteiger partial charge >= 0.3 is 0 Å². The number of aliphatic hydroxyl groups is 1. The molecule has 0 bridgehead atoms. The maximum Gasteiger partial charge on any atom is 0.191 e. The molecule has 1 atom stereocenters. The van der Waals surface area contributed by atoms with Crippen LogP contribution in [0, 0.1) is 0 Å². The van der Waals surface area contributed by atoms with E-state index in [2.05, 4.69) is 27.0 Å². The molecule has 21 heavy (non-hydrogen) atoms. The fraction of sp³-hybridized carbons (Fsp3) is 0.692. The van der Waals surface area contributed by atoms with E-state index in [0.717, 1.165) is 30.4 Å². The molecule has 1 rings (SSSR count). The van der Waals surface area contributed by atoms with E-state index in [4.69, 9.17) is 0 Å². The summed E-state index contributed by atoms with van der Waals surface area (Å²) >= 11 is 1.78. The maximum absolute atomic E-state index is 10.5. The van der Waals surface area contributed by atoms with Gasteiger partial charge in [-0.1, -0.05) is 0 Å². The minimum absolute atomic E-state index is 0. The Morgan fingerprint density at radius 1 is 1.52 bits per heavy atom. The van der Waals surface area contributed by atoms with Crippen molar-refractivity contribution < 1.29 is 5.11 Å². The third kappa shape index (κ3) is 7.37. The van der Waals surface area contributed by atoms with Crippen LogP contribution >= 0.6 is 35.7 Å². The predicted molar refractivity (Wildman–Crippen MR) is 101 cm³/mol. The lowest BCUT2D eigenvalue weighted by atomic mass is 10.0. The van der Waals surface area contributed by atoms with Crippen LogP contribution in [0.4, 0.5) is 0 Å². The van der Waals surface area contributed by atoms with E-state index < -0.39 is 5.60 Å². The van der Waals surface area contributed by atoms with Gasteiger partial charge in [-0.15, -0.1) is 24.0 Å². The zero-order valence-corrected chi connectivity index (χ0v) is 16.2. The third-order valence-electron chi connectivity index (χ3n) is 2.81.